The largest absolute Gasteiger partial charge is 0.366 e. The van der Waals surface area contributed by atoms with Crippen molar-refractivity contribution < 1.29 is 4.92 Å². The second-order valence-electron chi connectivity index (χ2n) is 6.35. The summed E-state index contributed by atoms with van der Waals surface area (Å²) < 4.78 is 0.726. The summed E-state index contributed by atoms with van der Waals surface area (Å²) in [6.07, 6.45) is 5.55. The van der Waals surface area contributed by atoms with Crippen LogP contribution in [0.25, 0.3) is 0 Å². The van der Waals surface area contributed by atoms with Gasteiger partial charge >= 0.3 is 0 Å². The molecule has 3 aliphatic carbocycles. The van der Waals surface area contributed by atoms with Gasteiger partial charge in [-0.15, -0.1) is 0 Å². The van der Waals surface area contributed by atoms with E-state index in [9.17, 15) is 10.1 Å². The summed E-state index contributed by atoms with van der Waals surface area (Å²) >= 11 is 3.45. The minimum absolute atomic E-state index is 0.0680. The van der Waals surface area contributed by atoms with Gasteiger partial charge in [0.1, 0.15) is 12.0 Å². The highest BCUT2D eigenvalue weighted by Crippen LogP contribution is 2.66. The maximum Gasteiger partial charge on any atom is 0.291 e. The topological polar surface area (TPSA) is 68.1 Å². The van der Waals surface area contributed by atoms with Gasteiger partial charge in [-0.05, 0) is 65.8 Å². The van der Waals surface area contributed by atoms with Crippen molar-refractivity contribution in [1.29, 1.82) is 0 Å². The fraction of sp³-hybridized carbons (Fsp3) is 0.643. The van der Waals surface area contributed by atoms with Crippen molar-refractivity contribution >= 4 is 27.4 Å². The standard InChI is InChI=1S/C14H16BrN3O2/c1-6-9(18(19)20)5-16-14(12(6)15)17-13-10-7-2-3-8(4-7)11(10)13/h5,7-8,10-11,13H,2-4H2,1H3,(H,16,17). The van der Waals surface area contributed by atoms with Gasteiger partial charge in [0.2, 0.25) is 0 Å². The lowest BCUT2D eigenvalue weighted by atomic mass is 10.0. The molecule has 1 aromatic rings. The molecule has 5 nitrogen and oxygen atoms in total. The van der Waals surface area contributed by atoms with Crippen molar-refractivity contribution in [3.63, 3.8) is 0 Å². The molecule has 0 spiro atoms. The summed E-state index contributed by atoms with van der Waals surface area (Å²) in [6, 6.07) is 0.533. The number of anilines is 1. The molecule has 4 unspecified atom stereocenters. The van der Waals surface area contributed by atoms with Crippen LogP contribution in [-0.4, -0.2) is 15.9 Å². The Morgan fingerprint density at radius 1 is 1.40 bits per heavy atom. The van der Waals surface area contributed by atoms with Gasteiger partial charge in [0.25, 0.3) is 5.69 Å². The molecule has 3 aliphatic rings. The number of hydrogen-bond acceptors (Lipinski definition) is 4. The SMILES string of the molecule is Cc1c([N+](=O)[O-])cnc(NC2C3C4CCC(C4)C23)c1Br. The van der Waals surface area contributed by atoms with Crippen LogP contribution in [0.2, 0.25) is 0 Å². The van der Waals surface area contributed by atoms with Crippen LogP contribution >= 0.6 is 15.9 Å². The average molecular weight is 338 g/mol. The summed E-state index contributed by atoms with van der Waals surface area (Å²) in [5.41, 5.74) is 0.708. The molecule has 0 saturated heterocycles. The molecule has 1 N–H and O–H groups in total. The van der Waals surface area contributed by atoms with E-state index >= 15 is 0 Å². The normalized spacial score (nSPS) is 36.8. The van der Waals surface area contributed by atoms with Gasteiger partial charge in [-0.1, -0.05) is 0 Å². The number of rotatable bonds is 3. The van der Waals surface area contributed by atoms with Crippen molar-refractivity contribution in [3.05, 3.63) is 26.3 Å². The molecule has 1 heterocycles. The highest BCUT2D eigenvalue weighted by atomic mass is 79.9. The van der Waals surface area contributed by atoms with Crippen LogP contribution in [0.1, 0.15) is 24.8 Å². The van der Waals surface area contributed by atoms with Gasteiger partial charge in [0.05, 0.1) is 9.40 Å². The summed E-state index contributed by atoms with van der Waals surface area (Å²) in [4.78, 5) is 14.8. The minimum Gasteiger partial charge on any atom is -0.366 e. The lowest BCUT2D eigenvalue weighted by Gasteiger charge is -2.13. The minimum atomic E-state index is -0.386. The number of nitrogens with zero attached hydrogens (tertiary/aromatic N) is 2. The third kappa shape index (κ3) is 1.63. The molecule has 0 aliphatic heterocycles. The monoisotopic (exact) mass is 337 g/mol. The van der Waals surface area contributed by atoms with Crippen LogP contribution < -0.4 is 5.32 Å². The Morgan fingerprint density at radius 3 is 2.65 bits per heavy atom. The van der Waals surface area contributed by atoms with E-state index in [4.69, 9.17) is 0 Å². The van der Waals surface area contributed by atoms with E-state index in [0.717, 1.165) is 34.0 Å². The maximum atomic E-state index is 10.9. The zero-order valence-electron chi connectivity index (χ0n) is 11.2. The van der Waals surface area contributed by atoms with Crippen LogP contribution in [0.15, 0.2) is 10.7 Å². The Kier molecular flexibility index (Phi) is 2.61. The first-order valence-corrected chi connectivity index (χ1v) is 7.93. The fourth-order valence-corrected chi connectivity index (χ4v) is 4.95. The number of halogens is 1. The first-order chi connectivity index (χ1) is 9.58. The molecule has 0 radical (unpaired) electrons. The highest BCUT2D eigenvalue weighted by Gasteiger charge is 2.65. The Hall–Kier alpha value is -1.17. The molecule has 106 valence electrons. The van der Waals surface area contributed by atoms with Gasteiger partial charge in [-0.2, -0.15) is 0 Å². The van der Waals surface area contributed by atoms with Crippen molar-refractivity contribution in [2.75, 3.05) is 5.32 Å². The zero-order chi connectivity index (χ0) is 14.0. The van der Waals surface area contributed by atoms with Crippen molar-refractivity contribution in [1.82, 2.24) is 4.98 Å². The molecule has 0 amide bonds. The van der Waals surface area contributed by atoms with Crippen LogP contribution in [0.4, 0.5) is 11.5 Å². The second kappa shape index (κ2) is 4.16. The number of hydrogen-bond donors (Lipinski definition) is 1. The average Bonchev–Trinajstić information content (AvgIpc) is 2.81. The van der Waals surface area contributed by atoms with Gasteiger partial charge < -0.3 is 5.32 Å². The lowest BCUT2D eigenvalue weighted by Crippen LogP contribution is -2.14. The summed E-state index contributed by atoms with van der Waals surface area (Å²) in [6.45, 7) is 1.76. The van der Waals surface area contributed by atoms with Crippen LogP contribution in [0.5, 0.6) is 0 Å². The second-order valence-corrected chi connectivity index (χ2v) is 7.14. The number of fused-ring (bicyclic) bond motifs is 5. The van der Waals surface area contributed by atoms with E-state index in [2.05, 4.69) is 26.2 Å². The molecule has 0 aromatic carbocycles. The summed E-state index contributed by atoms with van der Waals surface area (Å²) in [5, 5.41) is 14.4. The molecule has 6 heteroatoms. The van der Waals surface area contributed by atoms with Gasteiger partial charge in [0.15, 0.2) is 0 Å². The van der Waals surface area contributed by atoms with Gasteiger partial charge in [-0.25, -0.2) is 4.98 Å². The molecule has 20 heavy (non-hydrogen) atoms. The molecular formula is C14H16BrN3O2. The van der Waals surface area contributed by atoms with E-state index in [0.29, 0.717) is 11.6 Å². The van der Waals surface area contributed by atoms with E-state index in [1.807, 2.05) is 0 Å². The Labute approximate surface area is 125 Å². The first-order valence-electron chi connectivity index (χ1n) is 7.14. The lowest BCUT2D eigenvalue weighted by molar-refractivity contribution is -0.385. The zero-order valence-corrected chi connectivity index (χ0v) is 12.8. The van der Waals surface area contributed by atoms with E-state index in [1.54, 1.807) is 6.92 Å². The Morgan fingerprint density at radius 2 is 2.05 bits per heavy atom. The highest BCUT2D eigenvalue weighted by molar-refractivity contribution is 9.10. The van der Waals surface area contributed by atoms with E-state index < -0.39 is 0 Å². The van der Waals surface area contributed by atoms with E-state index in [-0.39, 0.29) is 10.6 Å². The molecule has 1 aromatic heterocycles. The maximum absolute atomic E-state index is 10.9. The smallest absolute Gasteiger partial charge is 0.291 e. The Bertz CT molecular complexity index is 590. The molecule has 3 saturated carbocycles. The van der Waals surface area contributed by atoms with Crippen LogP contribution in [0, 0.1) is 40.7 Å². The van der Waals surface area contributed by atoms with Crippen LogP contribution in [0.3, 0.4) is 0 Å². The van der Waals surface area contributed by atoms with Crippen molar-refractivity contribution in [3.8, 4) is 0 Å². The van der Waals surface area contributed by atoms with Gasteiger partial charge in [0, 0.05) is 11.6 Å². The predicted octanol–water partition coefficient (Wildman–Crippen LogP) is 3.52. The molecule has 4 rings (SSSR count). The number of pyridine rings is 1. The number of aromatic nitrogens is 1. The van der Waals surface area contributed by atoms with Crippen LogP contribution in [-0.2, 0) is 0 Å². The van der Waals surface area contributed by atoms with Crippen molar-refractivity contribution in [2.24, 2.45) is 23.7 Å². The number of nitrogens with one attached hydrogen (secondary N) is 1. The predicted molar refractivity (Wildman–Crippen MR) is 78.6 cm³/mol. The van der Waals surface area contributed by atoms with Crippen molar-refractivity contribution in [2.45, 2.75) is 32.2 Å². The molecule has 3 fully saturated rings. The third-order valence-corrected chi connectivity index (χ3v) is 6.44. The molecular weight excluding hydrogens is 322 g/mol. The summed E-state index contributed by atoms with van der Waals surface area (Å²) in [7, 11) is 0. The molecule has 2 bridgehead atoms. The Balaban J connectivity index is 1.56. The fourth-order valence-electron chi connectivity index (χ4n) is 4.53. The third-order valence-electron chi connectivity index (χ3n) is 5.47. The first kappa shape index (κ1) is 12.6. The quantitative estimate of drug-likeness (QED) is 0.676. The summed E-state index contributed by atoms with van der Waals surface area (Å²) in [5.74, 6) is 4.20. The molecule has 4 atom stereocenters. The van der Waals surface area contributed by atoms with E-state index in [1.165, 1.54) is 25.5 Å². The van der Waals surface area contributed by atoms with Gasteiger partial charge in [-0.3, -0.25) is 10.1 Å². The number of nitro groups is 1.